The van der Waals surface area contributed by atoms with E-state index < -0.39 is 6.10 Å². The predicted octanol–water partition coefficient (Wildman–Crippen LogP) is 2.43. The van der Waals surface area contributed by atoms with Crippen LogP contribution in [0.2, 0.25) is 0 Å². The third-order valence-corrected chi connectivity index (χ3v) is 5.27. The first-order valence-electron chi connectivity index (χ1n) is 8.94. The number of hydrogen-bond acceptors (Lipinski definition) is 4. The van der Waals surface area contributed by atoms with Crippen LogP contribution in [0.25, 0.3) is 0 Å². The summed E-state index contributed by atoms with van der Waals surface area (Å²) in [5.74, 6) is 1.70. The molecule has 1 saturated heterocycles. The average molecular weight is 320 g/mol. The van der Waals surface area contributed by atoms with Crippen molar-refractivity contribution in [2.24, 2.45) is 5.92 Å². The molecule has 0 spiro atoms. The minimum absolute atomic E-state index is 0.308. The molecular formula is C18H28N2O3. The Bertz CT molecular complexity index is 474. The van der Waals surface area contributed by atoms with Crippen LogP contribution in [0.15, 0.2) is 22.8 Å². The molecule has 1 aliphatic heterocycles. The van der Waals surface area contributed by atoms with E-state index in [-0.39, 0.29) is 0 Å². The molecule has 1 aromatic heterocycles. The van der Waals surface area contributed by atoms with Crippen LogP contribution in [-0.4, -0.2) is 53.5 Å². The van der Waals surface area contributed by atoms with E-state index in [2.05, 4.69) is 4.90 Å². The molecular weight excluding hydrogens is 292 g/mol. The maximum atomic E-state index is 12.3. The van der Waals surface area contributed by atoms with Gasteiger partial charge in [0.2, 0.25) is 5.91 Å². The van der Waals surface area contributed by atoms with Crippen LogP contribution >= 0.6 is 0 Å². The smallest absolute Gasteiger partial charge is 0.222 e. The minimum atomic E-state index is -0.588. The van der Waals surface area contributed by atoms with Gasteiger partial charge in [-0.05, 0) is 24.5 Å². The van der Waals surface area contributed by atoms with Gasteiger partial charge >= 0.3 is 0 Å². The lowest BCUT2D eigenvalue weighted by Gasteiger charge is -2.35. The summed E-state index contributed by atoms with van der Waals surface area (Å²) in [6, 6.07) is 3.59. The van der Waals surface area contributed by atoms with Gasteiger partial charge in [-0.3, -0.25) is 9.69 Å². The topological polar surface area (TPSA) is 56.9 Å². The summed E-state index contributed by atoms with van der Waals surface area (Å²) in [4.78, 5) is 16.5. The number of amides is 1. The maximum absolute atomic E-state index is 12.3. The molecule has 2 heterocycles. The van der Waals surface area contributed by atoms with Crippen molar-refractivity contribution in [1.82, 2.24) is 9.80 Å². The molecule has 0 unspecified atom stereocenters. The van der Waals surface area contributed by atoms with Crippen molar-refractivity contribution in [3.8, 4) is 0 Å². The summed E-state index contributed by atoms with van der Waals surface area (Å²) in [5.41, 5.74) is 0. The quantitative estimate of drug-likeness (QED) is 0.874. The Morgan fingerprint density at radius 3 is 2.65 bits per heavy atom. The summed E-state index contributed by atoms with van der Waals surface area (Å²) >= 11 is 0. The van der Waals surface area contributed by atoms with E-state index in [9.17, 15) is 9.90 Å². The minimum Gasteiger partial charge on any atom is -0.467 e. The molecule has 0 bridgehead atoms. The Morgan fingerprint density at radius 1 is 1.26 bits per heavy atom. The van der Waals surface area contributed by atoms with E-state index in [0.29, 0.717) is 24.6 Å². The van der Waals surface area contributed by atoms with Gasteiger partial charge in [0.1, 0.15) is 11.9 Å². The van der Waals surface area contributed by atoms with Crippen LogP contribution in [0, 0.1) is 5.92 Å². The molecule has 1 amide bonds. The van der Waals surface area contributed by atoms with Crippen LogP contribution in [0.4, 0.5) is 0 Å². The fourth-order valence-electron chi connectivity index (χ4n) is 3.78. The van der Waals surface area contributed by atoms with Crippen molar-refractivity contribution in [2.75, 3.05) is 32.7 Å². The summed E-state index contributed by atoms with van der Waals surface area (Å²) in [6.45, 7) is 3.76. The first-order valence-corrected chi connectivity index (χ1v) is 8.94. The molecule has 1 aliphatic carbocycles. The van der Waals surface area contributed by atoms with E-state index in [4.69, 9.17) is 4.42 Å². The van der Waals surface area contributed by atoms with Crippen molar-refractivity contribution in [3.63, 3.8) is 0 Å². The van der Waals surface area contributed by atoms with Gasteiger partial charge in [0.05, 0.1) is 6.26 Å². The number of β-amino-alcohol motifs (C(OH)–C–C–N with tert-alkyl or cyclic N) is 1. The highest BCUT2D eigenvalue weighted by Crippen LogP contribution is 2.28. The number of furan rings is 1. The van der Waals surface area contributed by atoms with Crippen molar-refractivity contribution in [2.45, 2.75) is 44.6 Å². The number of rotatable bonds is 6. The molecule has 1 aromatic rings. The molecule has 1 saturated carbocycles. The fourth-order valence-corrected chi connectivity index (χ4v) is 3.78. The van der Waals surface area contributed by atoms with Gasteiger partial charge in [0.25, 0.3) is 0 Å². The van der Waals surface area contributed by atoms with Crippen molar-refractivity contribution >= 4 is 5.91 Å². The SMILES string of the molecule is O=C(CCC1CCCC1)N1CCN(C[C@@H](O)c2ccco2)CC1. The number of carbonyl (C=O) groups excluding carboxylic acids is 1. The molecule has 1 atom stereocenters. The molecule has 2 fully saturated rings. The number of hydrogen-bond donors (Lipinski definition) is 1. The first-order chi connectivity index (χ1) is 11.2. The van der Waals surface area contributed by atoms with E-state index in [1.165, 1.54) is 25.7 Å². The summed E-state index contributed by atoms with van der Waals surface area (Å²) in [6.07, 6.45) is 8.08. The second-order valence-corrected chi connectivity index (χ2v) is 6.90. The fraction of sp³-hybridized carbons (Fsp3) is 0.722. The molecule has 0 aromatic carbocycles. The number of carbonyl (C=O) groups is 1. The van der Waals surface area contributed by atoms with Gasteiger partial charge in [0, 0.05) is 39.1 Å². The van der Waals surface area contributed by atoms with Gasteiger partial charge in [0.15, 0.2) is 0 Å². The lowest BCUT2D eigenvalue weighted by molar-refractivity contribution is -0.133. The van der Waals surface area contributed by atoms with E-state index in [1.807, 2.05) is 4.90 Å². The number of piperazine rings is 1. The predicted molar refractivity (Wildman–Crippen MR) is 87.9 cm³/mol. The Hall–Kier alpha value is -1.33. The van der Waals surface area contributed by atoms with Crippen molar-refractivity contribution < 1.29 is 14.3 Å². The van der Waals surface area contributed by atoms with Gasteiger partial charge in [-0.2, -0.15) is 0 Å². The third-order valence-electron chi connectivity index (χ3n) is 5.27. The van der Waals surface area contributed by atoms with Crippen molar-refractivity contribution in [1.29, 1.82) is 0 Å². The highest BCUT2D eigenvalue weighted by Gasteiger charge is 2.24. The van der Waals surface area contributed by atoms with Crippen LogP contribution in [0.3, 0.4) is 0 Å². The number of nitrogens with zero attached hydrogens (tertiary/aromatic N) is 2. The molecule has 1 N–H and O–H groups in total. The van der Waals surface area contributed by atoms with E-state index in [1.54, 1.807) is 18.4 Å². The molecule has 5 heteroatoms. The zero-order valence-corrected chi connectivity index (χ0v) is 13.8. The maximum Gasteiger partial charge on any atom is 0.222 e. The van der Waals surface area contributed by atoms with E-state index in [0.717, 1.165) is 38.5 Å². The van der Waals surface area contributed by atoms with Gasteiger partial charge < -0.3 is 14.4 Å². The molecule has 23 heavy (non-hydrogen) atoms. The van der Waals surface area contributed by atoms with E-state index >= 15 is 0 Å². The standard InChI is InChI=1S/C18H28N2O3/c21-16(17-6-3-13-23-17)14-19-9-11-20(12-10-19)18(22)8-7-15-4-1-2-5-15/h3,6,13,15-16,21H,1-2,4-5,7-12,14H2/t16-/m1/s1. The summed E-state index contributed by atoms with van der Waals surface area (Å²) in [5, 5.41) is 10.1. The Morgan fingerprint density at radius 2 is 2.00 bits per heavy atom. The Labute approximate surface area is 138 Å². The molecule has 0 radical (unpaired) electrons. The highest BCUT2D eigenvalue weighted by atomic mass is 16.4. The van der Waals surface area contributed by atoms with Crippen LogP contribution in [-0.2, 0) is 4.79 Å². The number of aliphatic hydroxyl groups is 1. The van der Waals surface area contributed by atoms with Gasteiger partial charge in [-0.15, -0.1) is 0 Å². The lowest BCUT2D eigenvalue weighted by atomic mass is 10.0. The summed E-state index contributed by atoms with van der Waals surface area (Å²) < 4.78 is 5.24. The third kappa shape index (κ3) is 4.58. The lowest BCUT2D eigenvalue weighted by Crippen LogP contribution is -2.49. The Balaban J connectivity index is 1.36. The second-order valence-electron chi connectivity index (χ2n) is 6.90. The molecule has 2 aliphatic rings. The summed E-state index contributed by atoms with van der Waals surface area (Å²) in [7, 11) is 0. The zero-order chi connectivity index (χ0) is 16.1. The molecule has 3 rings (SSSR count). The van der Waals surface area contributed by atoms with Gasteiger partial charge in [-0.25, -0.2) is 0 Å². The van der Waals surface area contributed by atoms with Crippen LogP contribution < -0.4 is 0 Å². The monoisotopic (exact) mass is 320 g/mol. The normalized spacial score (nSPS) is 21.7. The van der Waals surface area contributed by atoms with Crippen LogP contribution in [0.5, 0.6) is 0 Å². The largest absolute Gasteiger partial charge is 0.467 e. The number of aliphatic hydroxyl groups excluding tert-OH is 1. The molecule has 128 valence electrons. The van der Waals surface area contributed by atoms with Gasteiger partial charge in [-0.1, -0.05) is 25.7 Å². The first kappa shape index (κ1) is 16.5. The second kappa shape index (κ2) is 7.97. The zero-order valence-electron chi connectivity index (χ0n) is 13.8. The van der Waals surface area contributed by atoms with Crippen molar-refractivity contribution in [3.05, 3.63) is 24.2 Å². The highest BCUT2D eigenvalue weighted by molar-refractivity contribution is 5.76. The van der Waals surface area contributed by atoms with Crippen LogP contribution in [0.1, 0.15) is 50.4 Å². The molecule has 5 nitrogen and oxygen atoms in total. The average Bonchev–Trinajstić information content (AvgIpc) is 3.26. The Kier molecular flexibility index (Phi) is 5.73.